The summed E-state index contributed by atoms with van der Waals surface area (Å²) in [6.07, 6.45) is 0.557. The van der Waals surface area contributed by atoms with Gasteiger partial charge in [-0.15, -0.1) is 0 Å². The fraction of sp³-hybridized carbons (Fsp3) is 0.143. The van der Waals surface area contributed by atoms with E-state index >= 15 is 0 Å². The molecular formula is C14H13BF3O-. The Morgan fingerprint density at radius 2 is 1.47 bits per heavy atom. The van der Waals surface area contributed by atoms with E-state index in [4.69, 9.17) is 4.74 Å². The van der Waals surface area contributed by atoms with Crippen molar-refractivity contribution >= 4 is 6.98 Å². The zero-order chi connectivity index (χ0) is 13.7. The Hall–Kier alpha value is -1.91. The molecule has 0 saturated carbocycles. The molecule has 0 fully saturated rings. The Balaban J connectivity index is 2.12. The van der Waals surface area contributed by atoms with Crippen molar-refractivity contribution in [3.8, 4) is 5.75 Å². The van der Waals surface area contributed by atoms with Gasteiger partial charge in [0.05, 0.1) is 6.51 Å². The molecule has 0 N–H and O–H groups in total. The lowest BCUT2D eigenvalue weighted by Gasteiger charge is -2.17. The van der Waals surface area contributed by atoms with Gasteiger partial charge in [-0.2, -0.15) is 0 Å². The standard InChI is InChI=1S/C14H13BF3O/c16-15(17,18)11-19-14-9-5-4-8-13(14)10-12-6-2-1-3-7-12/h1-9H,10-11H2/q-1. The first-order valence-electron chi connectivity index (χ1n) is 6.00. The van der Waals surface area contributed by atoms with E-state index < -0.39 is 13.5 Å². The van der Waals surface area contributed by atoms with Crippen molar-refractivity contribution < 1.29 is 17.7 Å². The van der Waals surface area contributed by atoms with E-state index in [1.807, 2.05) is 30.3 Å². The zero-order valence-corrected chi connectivity index (χ0v) is 10.2. The van der Waals surface area contributed by atoms with Crippen molar-refractivity contribution in [3.63, 3.8) is 0 Å². The lowest BCUT2D eigenvalue weighted by atomic mass is 9.94. The van der Waals surface area contributed by atoms with Gasteiger partial charge < -0.3 is 17.7 Å². The van der Waals surface area contributed by atoms with Crippen molar-refractivity contribution in [1.29, 1.82) is 0 Å². The van der Waals surface area contributed by atoms with Gasteiger partial charge in [0.1, 0.15) is 5.75 Å². The Kier molecular flexibility index (Phi) is 4.15. The van der Waals surface area contributed by atoms with Crippen LogP contribution in [0.15, 0.2) is 54.6 Å². The van der Waals surface area contributed by atoms with Gasteiger partial charge in [0.15, 0.2) is 0 Å². The highest BCUT2D eigenvalue weighted by atomic mass is 19.4. The Morgan fingerprint density at radius 3 is 2.16 bits per heavy atom. The molecule has 0 bridgehead atoms. The summed E-state index contributed by atoms with van der Waals surface area (Å²) in [5.41, 5.74) is 1.80. The topological polar surface area (TPSA) is 9.23 Å². The molecule has 19 heavy (non-hydrogen) atoms. The number of benzene rings is 2. The van der Waals surface area contributed by atoms with Gasteiger partial charge in [0, 0.05) is 6.42 Å². The van der Waals surface area contributed by atoms with Gasteiger partial charge in [-0.05, 0) is 17.2 Å². The maximum Gasteiger partial charge on any atom is 0.515 e. The summed E-state index contributed by atoms with van der Waals surface area (Å²) in [7, 11) is 0. The van der Waals surface area contributed by atoms with Crippen molar-refractivity contribution in [2.45, 2.75) is 6.42 Å². The number of rotatable bonds is 5. The molecule has 0 aliphatic rings. The molecule has 0 saturated heterocycles. The first-order chi connectivity index (χ1) is 9.04. The van der Waals surface area contributed by atoms with E-state index in [1.54, 1.807) is 24.3 Å². The molecule has 0 heterocycles. The zero-order valence-electron chi connectivity index (χ0n) is 10.2. The largest absolute Gasteiger partial charge is 0.521 e. The quantitative estimate of drug-likeness (QED) is 0.741. The molecule has 1 nitrogen and oxygen atoms in total. The lowest BCUT2D eigenvalue weighted by molar-refractivity contribution is 0.311. The third kappa shape index (κ3) is 4.36. The molecule has 0 amide bonds. The maximum absolute atomic E-state index is 12.2. The molecule has 0 radical (unpaired) electrons. The summed E-state index contributed by atoms with van der Waals surface area (Å²) < 4.78 is 41.6. The third-order valence-electron chi connectivity index (χ3n) is 2.64. The Labute approximate surface area is 110 Å². The Morgan fingerprint density at radius 1 is 0.842 bits per heavy atom. The fourth-order valence-corrected chi connectivity index (χ4v) is 1.79. The van der Waals surface area contributed by atoms with Crippen LogP contribution >= 0.6 is 0 Å². The van der Waals surface area contributed by atoms with Crippen LogP contribution in [0.3, 0.4) is 0 Å². The van der Waals surface area contributed by atoms with Gasteiger partial charge in [-0.25, -0.2) is 0 Å². The minimum atomic E-state index is -4.93. The van der Waals surface area contributed by atoms with Crippen molar-refractivity contribution in [2.75, 3.05) is 6.51 Å². The van der Waals surface area contributed by atoms with Crippen LogP contribution in [0.5, 0.6) is 5.75 Å². The summed E-state index contributed by atoms with van der Waals surface area (Å²) in [6.45, 7) is -6.13. The van der Waals surface area contributed by atoms with E-state index in [-0.39, 0.29) is 0 Å². The molecule has 5 heteroatoms. The van der Waals surface area contributed by atoms with E-state index in [1.165, 1.54) is 0 Å². The first kappa shape index (κ1) is 13.5. The highest BCUT2D eigenvalue weighted by Crippen LogP contribution is 2.22. The molecule has 0 atom stereocenters. The lowest BCUT2D eigenvalue weighted by Crippen LogP contribution is -2.26. The van der Waals surface area contributed by atoms with E-state index in [0.717, 1.165) is 11.1 Å². The normalized spacial score (nSPS) is 11.3. The SMILES string of the molecule is F[B-](F)(F)COc1ccccc1Cc1ccccc1. The molecule has 0 aromatic heterocycles. The summed E-state index contributed by atoms with van der Waals surface area (Å²) >= 11 is 0. The molecule has 2 rings (SSSR count). The number of para-hydroxylation sites is 1. The maximum atomic E-state index is 12.2. The average molecular weight is 265 g/mol. The number of halogens is 3. The van der Waals surface area contributed by atoms with Crippen LogP contribution < -0.4 is 4.74 Å². The van der Waals surface area contributed by atoms with Crippen LogP contribution in [0.4, 0.5) is 12.9 Å². The summed E-state index contributed by atoms with van der Waals surface area (Å²) in [5.74, 6) is 0.297. The molecule has 0 unspecified atom stereocenters. The third-order valence-corrected chi connectivity index (χ3v) is 2.64. The van der Waals surface area contributed by atoms with Crippen LogP contribution in [-0.2, 0) is 6.42 Å². The molecule has 2 aromatic carbocycles. The van der Waals surface area contributed by atoms with E-state index in [2.05, 4.69) is 0 Å². The van der Waals surface area contributed by atoms with Gasteiger partial charge >= 0.3 is 6.98 Å². The predicted molar refractivity (Wildman–Crippen MR) is 70.3 cm³/mol. The van der Waals surface area contributed by atoms with Crippen LogP contribution in [0.25, 0.3) is 0 Å². The number of hydrogen-bond acceptors (Lipinski definition) is 1. The van der Waals surface area contributed by atoms with Crippen LogP contribution in [0.2, 0.25) is 0 Å². The molecule has 0 spiro atoms. The van der Waals surface area contributed by atoms with E-state index in [9.17, 15) is 12.9 Å². The second-order valence-electron chi connectivity index (χ2n) is 4.29. The van der Waals surface area contributed by atoms with Crippen molar-refractivity contribution in [2.24, 2.45) is 0 Å². The summed E-state index contributed by atoms with van der Waals surface area (Å²) in [6, 6.07) is 16.4. The van der Waals surface area contributed by atoms with Gasteiger partial charge in [-0.1, -0.05) is 48.5 Å². The van der Waals surface area contributed by atoms with Crippen LogP contribution in [0, 0.1) is 0 Å². The minimum Gasteiger partial charge on any atom is -0.521 e. The molecule has 0 aliphatic heterocycles. The first-order valence-corrected chi connectivity index (χ1v) is 6.00. The molecule has 0 aliphatic carbocycles. The van der Waals surface area contributed by atoms with Gasteiger partial charge in [0.25, 0.3) is 0 Å². The highest BCUT2D eigenvalue weighted by Gasteiger charge is 2.24. The minimum absolute atomic E-state index is 0.297. The van der Waals surface area contributed by atoms with Crippen LogP contribution in [0.1, 0.15) is 11.1 Å². The second-order valence-corrected chi connectivity index (χ2v) is 4.29. The van der Waals surface area contributed by atoms with E-state index in [0.29, 0.717) is 12.2 Å². The monoisotopic (exact) mass is 265 g/mol. The summed E-state index contributed by atoms with van der Waals surface area (Å²) in [4.78, 5) is 0. The molecule has 2 aromatic rings. The van der Waals surface area contributed by atoms with Crippen molar-refractivity contribution in [1.82, 2.24) is 0 Å². The van der Waals surface area contributed by atoms with Gasteiger partial charge in [0.2, 0.25) is 0 Å². The smallest absolute Gasteiger partial charge is 0.515 e. The number of hydrogen-bond donors (Lipinski definition) is 0. The fourth-order valence-electron chi connectivity index (χ4n) is 1.79. The molecular weight excluding hydrogens is 252 g/mol. The predicted octanol–water partition coefficient (Wildman–Crippen LogP) is 4.04. The van der Waals surface area contributed by atoms with Crippen molar-refractivity contribution in [3.05, 3.63) is 65.7 Å². The van der Waals surface area contributed by atoms with Gasteiger partial charge in [-0.3, -0.25) is 0 Å². The average Bonchev–Trinajstić information content (AvgIpc) is 2.38. The highest BCUT2D eigenvalue weighted by molar-refractivity contribution is 6.58. The van der Waals surface area contributed by atoms with Crippen LogP contribution in [-0.4, -0.2) is 13.5 Å². The summed E-state index contributed by atoms with van der Waals surface area (Å²) in [5, 5.41) is 0. The molecule has 100 valence electrons. The Bertz CT molecular complexity index is 526. The second kappa shape index (κ2) is 5.82. The number of ether oxygens (including phenoxy) is 1.